The van der Waals surface area contributed by atoms with Crippen LogP contribution in [0.25, 0.3) is 0 Å². The first-order valence-corrected chi connectivity index (χ1v) is 7.32. The third kappa shape index (κ3) is 3.71. The maximum Gasteiger partial charge on any atom is 0.433 e. The summed E-state index contributed by atoms with van der Waals surface area (Å²) in [5.41, 5.74) is -1.13. The summed E-state index contributed by atoms with van der Waals surface area (Å²) in [4.78, 5) is 6.80. The van der Waals surface area contributed by atoms with Gasteiger partial charge in [-0.3, -0.25) is 0 Å². The molecule has 0 unspecified atom stereocenters. The molecule has 6 nitrogen and oxygen atoms in total. The molecule has 1 N–H and O–H groups in total. The molecule has 0 aliphatic rings. The van der Waals surface area contributed by atoms with Crippen LogP contribution < -0.4 is 9.46 Å². The fraction of sp³-hybridized carbons (Fsp3) is 0.167. The summed E-state index contributed by atoms with van der Waals surface area (Å²) < 4.78 is 67.8. The Bertz CT molecular complexity index is 761. The van der Waals surface area contributed by atoms with Gasteiger partial charge in [-0.15, -0.1) is 0 Å². The van der Waals surface area contributed by atoms with Gasteiger partial charge in [0.1, 0.15) is 5.75 Å². The average molecular weight is 333 g/mol. The minimum Gasteiger partial charge on any atom is -0.424 e. The van der Waals surface area contributed by atoms with E-state index in [1.165, 1.54) is 31.3 Å². The summed E-state index contributed by atoms with van der Waals surface area (Å²) in [7, 11) is -2.34. The first-order chi connectivity index (χ1) is 10.2. The van der Waals surface area contributed by atoms with E-state index >= 15 is 0 Å². The molecule has 0 bridgehead atoms. The molecule has 0 aliphatic carbocycles. The van der Waals surface area contributed by atoms with Crippen molar-refractivity contribution in [3.05, 3.63) is 42.2 Å². The molecule has 0 spiro atoms. The van der Waals surface area contributed by atoms with Crippen molar-refractivity contribution in [3.8, 4) is 11.8 Å². The molecule has 1 aromatic carbocycles. The van der Waals surface area contributed by atoms with Crippen LogP contribution >= 0.6 is 0 Å². The van der Waals surface area contributed by atoms with Crippen LogP contribution in [0.2, 0.25) is 0 Å². The second-order valence-corrected chi connectivity index (χ2v) is 5.89. The molecule has 1 aromatic heterocycles. The molecule has 1 heterocycles. The van der Waals surface area contributed by atoms with E-state index in [-0.39, 0.29) is 10.6 Å². The number of hydrogen-bond donors (Lipinski definition) is 1. The lowest BCUT2D eigenvalue weighted by Crippen LogP contribution is -2.18. The first-order valence-electron chi connectivity index (χ1n) is 5.84. The first kappa shape index (κ1) is 16.2. The molecule has 0 fully saturated rings. The molecule has 0 saturated heterocycles. The number of benzene rings is 1. The second kappa shape index (κ2) is 5.89. The summed E-state index contributed by atoms with van der Waals surface area (Å²) in [5.74, 6) is 0.106. The molecule has 10 heteroatoms. The molecule has 2 aromatic rings. The largest absolute Gasteiger partial charge is 0.433 e. The summed E-state index contributed by atoms with van der Waals surface area (Å²) in [5, 5.41) is 0. The fourth-order valence-electron chi connectivity index (χ4n) is 1.46. The van der Waals surface area contributed by atoms with Crippen LogP contribution in [0.4, 0.5) is 13.2 Å². The van der Waals surface area contributed by atoms with Gasteiger partial charge < -0.3 is 4.74 Å². The van der Waals surface area contributed by atoms with Gasteiger partial charge in [-0.2, -0.15) is 18.2 Å². The normalized spacial score (nSPS) is 12.2. The van der Waals surface area contributed by atoms with E-state index in [1.54, 1.807) is 0 Å². The predicted octanol–water partition coefficient (Wildman–Crippen LogP) is 2.20. The van der Waals surface area contributed by atoms with Gasteiger partial charge in [0.2, 0.25) is 10.0 Å². The molecule has 2 rings (SSSR count). The SMILES string of the molecule is CNS(=O)(=O)c1ccc(Oc2nccc(C(F)(F)F)n2)cc1. The summed E-state index contributed by atoms with van der Waals surface area (Å²) >= 11 is 0. The third-order valence-corrected chi connectivity index (χ3v) is 3.97. The van der Waals surface area contributed by atoms with Crippen LogP contribution in [0.3, 0.4) is 0 Å². The molecule has 0 radical (unpaired) electrons. The molecule has 22 heavy (non-hydrogen) atoms. The highest BCUT2D eigenvalue weighted by Crippen LogP contribution is 2.29. The topological polar surface area (TPSA) is 81.2 Å². The maximum absolute atomic E-state index is 12.5. The summed E-state index contributed by atoms with van der Waals surface area (Å²) in [6.45, 7) is 0. The number of aromatic nitrogens is 2. The van der Waals surface area contributed by atoms with Gasteiger partial charge in [0.15, 0.2) is 5.69 Å². The molecule has 0 amide bonds. The van der Waals surface area contributed by atoms with Crippen molar-refractivity contribution in [1.82, 2.24) is 14.7 Å². The van der Waals surface area contributed by atoms with Crippen LogP contribution in [0.15, 0.2) is 41.4 Å². The zero-order chi connectivity index (χ0) is 16.4. The molecule has 0 aliphatic heterocycles. The smallest absolute Gasteiger partial charge is 0.424 e. The lowest BCUT2D eigenvalue weighted by Gasteiger charge is -2.08. The van der Waals surface area contributed by atoms with Crippen molar-refractivity contribution in [3.63, 3.8) is 0 Å². The highest BCUT2D eigenvalue weighted by atomic mass is 32.2. The molecule has 0 atom stereocenters. The second-order valence-electron chi connectivity index (χ2n) is 4.00. The van der Waals surface area contributed by atoms with E-state index in [0.29, 0.717) is 0 Å². The Labute approximate surface area is 124 Å². The van der Waals surface area contributed by atoms with E-state index in [1.807, 2.05) is 0 Å². The Morgan fingerprint density at radius 1 is 1.14 bits per heavy atom. The van der Waals surface area contributed by atoms with Gasteiger partial charge in [0.25, 0.3) is 0 Å². The number of nitrogens with zero attached hydrogens (tertiary/aromatic N) is 2. The van der Waals surface area contributed by atoms with Gasteiger partial charge in [-0.05, 0) is 37.4 Å². The number of rotatable bonds is 4. The van der Waals surface area contributed by atoms with Gasteiger partial charge >= 0.3 is 12.2 Å². The van der Waals surface area contributed by atoms with Crippen LogP contribution in [-0.4, -0.2) is 25.4 Å². The fourth-order valence-corrected chi connectivity index (χ4v) is 2.19. The Morgan fingerprint density at radius 2 is 1.77 bits per heavy atom. The van der Waals surface area contributed by atoms with Gasteiger partial charge in [-0.25, -0.2) is 18.1 Å². The van der Waals surface area contributed by atoms with Gasteiger partial charge in [0.05, 0.1) is 4.90 Å². The maximum atomic E-state index is 12.5. The van der Waals surface area contributed by atoms with Crippen molar-refractivity contribution >= 4 is 10.0 Å². The van der Waals surface area contributed by atoms with Crippen molar-refractivity contribution in [2.24, 2.45) is 0 Å². The number of ether oxygens (including phenoxy) is 1. The number of hydrogen-bond acceptors (Lipinski definition) is 5. The van der Waals surface area contributed by atoms with E-state index in [9.17, 15) is 21.6 Å². The lowest BCUT2D eigenvalue weighted by atomic mass is 10.3. The number of sulfonamides is 1. The zero-order valence-corrected chi connectivity index (χ0v) is 11.9. The van der Waals surface area contributed by atoms with Crippen molar-refractivity contribution < 1.29 is 26.3 Å². The standard InChI is InChI=1S/C12H10F3N3O3S/c1-16-22(19,20)9-4-2-8(3-5-9)21-11-17-7-6-10(18-11)12(13,14)15/h2-7,16H,1H3. The Balaban J connectivity index is 2.22. The highest BCUT2D eigenvalue weighted by molar-refractivity contribution is 7.89. The van der Waals surface area contributed by atoms with Crippen LogP contribution in [0, 0.1) is 0 Å². The van der Waals surface area contributed by atoms with E-state index in [2.05, 4.69) is 14.7 Å². The molecular formula is C12H10F3N3O3S. The molecule has 118 valence electrons. The average Bonchev–Trinajstić information content (AvgIpc) is 2.47. The number of nitrogens with one attached hydrogen (secondary N) is 1. The molecular weight excluding hydrogens is 323 g/mol. The van der Waals surface area contributed by atoms with Gasteiger partial charge in [-0.1, -0.05) is 0 Å². The minimum atomic E-state index is -4.61. The summed E-state index contributed by atoms with van der Waals surface area (Å²) in [6.07, 6.45) is -3.68. The number of halogens is 3. The van der Waals surface area contributed by atoms with Crippen LogP contribution in [-0.2, 0) is 16.2 Å². The Morgan fingerprint density at radius 3 is 2.32 bits per heavy atom. The Kier molecular flexibility index (Phi) is 4.33. The van der Waals surface area contributed by atoms with Crippen LogP contribution in [0.1, 0.15) is 5.69 Å². The monoisotopic (exact) mass is 333 g/mol. The lowest BCUT2D eigenvalue weighted by molar-refractivity contribution is -0.141. The van der Waals surface area contributed by atoms with E-state index in [4.69, 9.17) is 4.74 Å². The van der Waals surface area contributed by atoms with E-state index < -0.39 is 27.9 Å². The minimum absolute atomic E-state index is 0.00712. The van der Waals surface area contributed by atoms with Crippen molar-refractivity contribution in [2.45, 2.75) is 11.1 Å². The van der Waals surface area contributed by atoms with Gasteiger partial charge in [0, 0.05) is 6.20 Å². The van der Waals surface area contributed by atoms with Crippen molar-refractivity contribution in [2.75, 3.05) is 7.05 Å². The zero-order valence-electron chi connectivity index (χ0n) is 11.1. The summed E-state index contributed by atoms with van der Waals surface area (Å²) in [6, 6.07) is 5.29. The molecule has 0 saturated carbocycles. The quantitative estimate of drug-likeness (QED) is 0.928. The van der Waals surface area contributed by atoms with E-state index in [0.717, 1.165) is 12.3 Å². The predicted molar refractivity (Wildman–Crippen MR) is 69.8 cm³/mol. The van der Waals surface area contributed by atoms with Crippen molar-refractivity contribution in [1.29, 1.82) is 0 Å². The third-order valence-electron chi connectivity index (χ3n) is 2.54. The highest BCUT2D eigenvalue weighted by Gasteiger charge is 2.33. The van der Waals surface area contributed by atoms with Crippen LogP contribution in [0.5, 0.6) is 11.8 Å². The Hall–Kier alpha value is -2.20. The number of alkyl halides is 3.